The normalized spacial score (nSPS) is 15.5. The van der Waals surface area contributed by atoms with Crippen LogP contribution in [0.15, 0.2) is 91.1 Å². The number of para-hydroxylation sites is 1. The van der Waals surface area contributed by atoms with Gasteiger partial charge in [0, 0.05) is 68.9 Å². The minimum Gasteiger partial charge on any atom is -0.493 e. The van der Waals surface area contributed by atoms with Crippen LogP contribution in [0.2, 0.25) is 0 Å². The molecule has 1 amide bonds. The maximum atomic E-state index is 13.1. The first-order valence-corrected chi connectivity index (χ1v) is 15.9. The highest BCUT2D eigenvalue weighted by Gasteiger charge is 2.23. The largest absolute Gasteiger partial charge is 0.493 e. The maximum Gasteiger partial charge on any atom is 0.238 e. The van der Waals surface area contributed by atoms with Gasteiger partial charge in [-0.05, 0) is 66.1 Å². The molecule has 1 saturated heterocycles. The highest BCUT2D eigenvalue weighted by atomic mass is 16.5. The molecule has 1 N–H and O–H groups in total. The smallest absolute Gasteiger partial charge is 0.238 e. The van der Waals surface area contributed by atoms with Crippen molar-refractivity contribution < 1.29 is 14.3 Å². The van der Waals surface area contributed by atoms with Gasteiger partial charge in [-0.3, -0.25) is 14.6 Å². The lowest BCUT2D eigenvalue weighted by molar-refractivity contribution is -0.117. The zero-order chi connectivity index (χ0) is 31.5. The van der Waals surface area contributed by atoms with Crippen LogP contribution in [0, 0.1) is 0 Å². The molecule has 0 saturated carbocycles. The van der Waals surface area contributed by atoms with E-state index in [-0.39, 0.29) is 5.91 Å². The molecule has 236 valence electrons. The second kappa shape index (κ2) is 13.2. The second-order valence-corrected chi connectivity index (χ2v) is 12.0. The average Bonchev–Trinajstić information content (AvgIpc) is 3.46. The number of methoxy groups -OCH3 is 2. The van der Waals surface area contributed by atoms with Gasteiger partial charge in [0.15, 0.2) is 11.5 Å². The third-order valence-corrected chi connectivity index (χ3v) is 9.10. The molecule has 0 radical (unpaired) electrons. The van der Waals surface area contributed by atoms with Crippen LogP contribution in [0.25, 0.3) is 16.9 Å². The monoisotopic (exact) mass is 616 g/mol. The Bertz CT molecular complexity index is 1810. The summed E-state index contributed by atoms with van der Waals surface area (Å²) in [4.78, 5) is 25.2. The standard InChI is InChI=1S/C37H40N6O3/c1-45-33-22-28-15-17-41(24-29(28)23-34(33)46-2)26-36(44)38-30-13-11-27(12-14-30)37-32(43-16-7-6-10-35(43)39-37)25-40-18-20-42(21-19-40)31-8-4-3-5-9-31/h3-14,16,22-23H,15,17-21,24-26H2,1-2H3,(H,38,44). The number of nitrogens with one attached hydrogen (secondary N) is 1. The SMILES string of the molecule is COc1cc2c(cc1OC)CN(CC(=O)Nc1ccc(-c3nc4ccccn4c3CN3CCN(c4ccccc4)CC3)cc1)CC2. The summed E-state index contributed by atoms with van der Waals surface area (Å²) in [5, 5.41) is 3.09. The predicted molar refractivity (Wildman–Crippen MR) is 182 cm³/mol. The number of carbonyl (C=O) groups excluding carboxylic acids is 1. The molecule has 2 aliphatic rings. The molecule has 2 aliphatic heterocycles. The molecular weight excluding hydrogens is 576 g/mol. The fourth-order valence-electron chi connectivity index (χ4n) is 6.64. The highest BCUT2D eigenvalue weighted by molar-refractivity contribution is 5.92. The van der Waals surface area contributed by atoms with E-state index in [1.54, 1.807) is 14.2 Å². The number of nitrogens with zero attached hydrogens (tertiary/aromatic N) is 5. The highest BCUT2D eigenvalue weighted by Crippen LogP contribution is 2.33. The molecule has 7 rings (SSSR count). The first kappa shape index (κ1) is 29.8. The van der Waals surface area contributed by atoms with Crippen molar-refractivity contribution in [2.24, 2.45) is 0 Å². The van der Waals surface area contributed by atoms with Crippen molar-refractivity contribution in [2.45, 2.75) is 19.5 Å². The summed E-state index contributed by atoms with van der Waals surface area (Å²) in [5.74, 6) is 1.43. The van der Waals surface area contributed by atoms with Gasteiger partial charge in [-0.25, -0.2) is 4.98 Å². The number of pyridine rings is 1. The van der Waals surface area contributed by atoms with E-state index in [2.05, 4.69) is 85.2 Å². The molecule has 4 heterocycles. The number of aromatic nitrogens is 2. The Morgan fingerprint density at radius 1 is 0.804 bits per heavy atom. The van der Waals surface area contributed by atoms with E-state index in [9.17, 15) is 4.79 Å². The van der Waals surface area contributed by atoms with Crippen LogP contribution in [0.4, 0.5) is 11.4 Å². The number of benzene rings is 3. The van der Waals surface area contributed by atoms with Crippen LogP contribution >= 0.6 is 0 Å². The zero-order valence-electron chi connectivity index (χ0n) is 26.5. The van der Waals surface area contributed by atoms with Crippen LogP contribution in [0.3, 0.4) is 0 Å². The van der Waals surface area contributed by atoms with E-state index < -0.39 is 0 Å². The average molecular weight is 617 g/mol. The van der Waals surface area contributed by atoms with Gasteiger partial charge in [0.25, 0.3) is 0 Å². The van der Waals surface area contributed by atoms with E-state index >= 15 is 0 Å². The Morgan fingerprint density at radius 2 is 1.52 bits per heavy atom. The first-order chi connectivity index (χ1) is 22.6. The summed E-state index contributed by atoms with van der Waals surface area (Å²) >= 11 is 0. The molecule has 0 spiro atoms. The third kappa shape index (κ3) is 6.29. The van der Waals surface area contributed by atoms with E-state index in [0.29, 0.717) is 18.8 Å². The number of amides is 1. The van der Waals surface area contributed by atoms with Gasteiger partial charge in [0.1, 0.15) is 5.65 Å². The lowest BCUT2D eigenvalue weighted by Gasteiger charge is -2.36. The topological polar surface area (TPSA) is 74.6 Å². The minimum absolute atomic E-state index is 0.0280. The van der Waals surface area contributed by atoms with Crippen molar-refractivity contribution in [1.29, 1.82) is 0 Å². The van der Waals surface area contributed by atoms with Crippen molar-refractivity contribution >= 4 is 22.9 Å². The van der Waals surface area contributed by atoms with Gasteiger partial charge >= 0.3 is 0 Å². The van der Waals surface area contributed by atoms with Crippen molar-refractivity contribution in [1.82, 2.24) is 19.2 Å². The molecule has 0 unspecified atom stereocenters. The quantitative estimate of drug-likeness (QED) is 0.240. The fourth-order valence-corrected chi connectivity index (χ4v) is 6.64. The van der Waals surface area contributed by atoms with E-state index in [4.69, 9.17) is 14.5 Å². The van der Waals surface area contributed by atoms with Gasteiger partial charge < -0.3 is 24.1 Å². The Balaban J connectivity index is 1.01. The van der Waals surface area contributed by atoms with Crippen molar-refractivity contribution in [3.8, 4) is 22.8 Å². The van der Waals surface area contributed by atoms with E-state index in [1.807, 2.05) is 30.3 Å². The third-order valence-electron chi connectivity index (χ3n) is 9.10. The van der Waals surface area contributed by atoms with Crippen molar-refractivity contribution in [3.63, 3.8) is 0 Å². The molecule has 1 fully saturated rings. The number of fused-ring (bicyclic) bond motifs is 2. The summed E-state index contributed by atoms with van der Waals surface area (Å²) in [6.45, 7) is 6.62. The fraction of sp³-hybridized carbons (Fsp3) is 0.297. The number of imidazole rings is 1. The van der Waals surface area contributed by atoms with Crippen molar-refractivity contribution in [3.05, 3.63) is 108 Å². The predicted octanol–water partition coefficient (Wildman–Crippen LogP) is 5.34. The summed E-state index contributed by atoms with van der Waals surface area (Å²) in [7, 11) is 3.30. The van der Waals surface area contributed by atoms with Crippen LogP contribution in [-0.4, -0.2) is 78.6 Å². The summed E-state index contributed by atoms with van der Waals surface area (Å²) in [6.07, 6.45) is 2.96. The van der Waals surface area contributed by atoms with Gasteiger partial charge in [0.2, 0.25) is 5.91 Å². The summed E-state index contributed by atoms with van der Waals surface area (Å²) in [6, 6.07) is 28.9. The second-order valence-electron chi connectivity index (χ2n) is 12.0. The lowest BCUT2D eigenvalue weighted by Crippen LogP contribution is -2.46. The Kier molecular flexibility index (Phi) is 8.59. The first-order valence-electron chi connectivity index (χ1n) is 15.9. The Morgan fingerprint density at radius 3 is 2.26 bits per heavy atom. The van der Waals surface area contributed by atoms with Crippen LogP contribution in [-0.2, 0) is 24.3 Å². The molecular formula is C37H40N6O3. The molecule has 46 heavy (non-hydrogen) atoms. The molecule has 0 bridgehead atoms. The molecule has 9 heteroatoms. The molecule has 5 aromatic rings. The van der Waals surface area contributed by atoms with E-state index in [1.165, 1.54) is 22.5 Å². The summed E-state index contributed by atoms with van der Waals surface area (Å²) in [5.41, 5.74) is 8.61. The van der Waals surface area contributed by atoms with Gasteiger partial charge in [-0.15, -0.1) is 0 Å². The number of ether oxygens (including phenoxy) is 2. The van der Waals surface area contributed by atoms with Gasteiger partial charge in [-0.1, -0.05) is 36.4 Å². The molecule has 2 aromatic heterocycles. The minimum atomic E-state index is -0.0280. The molecule has 3 aromatic carbocycles. The molecule has 0 aliphatic carbocycles. The Hall–Kier alpha value is -4.86. The van der Waals surface area contributed by atoms with Crippen LogP contribution in [0.5, 0.6) is 11.5 Å². The number of carbonyl (C=O) groups is 1. The number of anilines is 2. The number of piperazine rings is 1. The summed E-state index contributed by atoms with van der Waals surface area (Å²) < 4.78 is 13.2. The Labute approximate surface area is 270 Å². The molecule has 9 nitrogen and oxygen atoms in total. The number of rotatable bonds is 9. The van der Waals surface area contributed by atoms with Crippen LogP contribution < -0.4 is 19.7 Å². The van der Waals surface area contributed by atoms with Crippen molar-refractivity contribution in [2.75, 3.05) is 63.7 Å². The molecule has 0 atom stereocenters. The maximum absolute atomic E-state index is 13.1. The lowest BCUT2D eigenvalue weighted by atomic mass is 9.99. The van der Waals surface area contributed by atoms with Gasteiger partial charge in [0.05, 0.1) is 32.2 Å². The number of hydrogen-bond acceptors (Lipinski definition) is 7. The number of hydrogen-bond donors (Lipinski definition) is 1. The van der Waals surface area contributed by atoms with E-state index in [0.717, 1.165) is 74.0 Å². The van der Waals surface area contributed by atoms with Crippen LogP contribution in [0.1, 0.15) is 16.8 Å². The van der Waals surface area contributed by atoms with Gasteiger partial charge in [-0.2, -0.15) is 0 Å². The zero-order valence-corrected chi connectivity index (χ0v) is 26.5.